The van der Waals surface area contributed by atoms with Gasteiger partial charge in [0.2, 0.25) is 0 Å². The molecule has 0 radical (unpaired) electrons. The standard InChI is InChI=1S/C10H6ClF3N2/c11-7-2-1-3-15-9(7)8-4-6(5-16-8)10(12,13)14/h1-5,16H. The summed E-state index contributed by atoms with van der Waals surface area (Å²) in [5, 5.41) is 0.304. The van der Waals surface area contributed by atoms with Crippen LogP contribution in [0.3, 0.4) is 0 Å². The lowest BCUT2D eigenvalue weighted by Gasteiger charge is -2.01. The second-order valence-electron chi connectivity index (χ2n) is 3.13. The van der Waals surface area contributed by atoms with Gasteiger partial charge in [-0.3, -0.25) is 4.98 Å². The Morgan fingerprint density at radius 2 is 2.06 bits per heavy atom. The molecular weight excluding hydrogens is 241 g/mol. The fraction of sp³-hybridized carbons (Fsp3) is 0.100. The molecule has 84 valence electrons. The number of pyridine rings is 1. The summed E-state index contributed by atoms with van der Waals surface area (Å²) < 4.78 is 37.0. The van der Waals surface area contributed by atoms with Gasteiger partial charge in [0.25, 0.3) is 0 Å². The average molecular weight is 247 g/mol. The fourth-order valence-electron chi connectivity index (χ4n) is 1.28. The smallest absolute Gasteiger partial charge is 0.359 e. The molecule has 2 nitrogen and oxygen atoms in total. The van der Waals surface area contributed by atoms with Crippen LogP contribution >= 0.6 is 11.6 Å². The topological polar surface area (TPSA) is 28.7 Å². The van der Waals surface area contributed by atoms with Crippen LogP contribution in [0.5, 0.6) is 0 Å². The Hall–Kier alpha value is -1.49. The van der Waals surface area contributed by atoms with E-state index >= 15 is 0 Å². The number of hydrogen-bond acceptors (Lipinski definition) is 1. The van der Waals surface area contributed by atoms with E-state index in [1.54, 1.807) is 12.1 Å². The van der Waals surface area contributed by atoms with Gasteiger partial charge in [0.1, 0.15) is 5.69 Å². The molecule has 1 N–H and O–H groups in total. The number of aromatic amines is 1. The number of rotatable bonds is 1. The molecule has 0 atom stereocenters. The number of nitrogens with one attached hydrogen (secondary N) is 1. The molecule has 0 aromatic carbocycles. The number of alkyl halides is 3. The van der Waals surface area contributed by atoms with Crippen LogP contribution < -0.4 is 0 Å². The summed E-state index contributed by atoms with van der Waals surface area (Å²) in [5.74, 6) is 0. The van der Waals surface area contributed by atoms with Crippen LogP contribution in [0.1, 0.15) is 5.56 Å². The molecule has 0 bridgehead atoms. The maximum atomic E-state index is 12.3. The van der Waals surface area contributed by atoms with E-state index in [-0.39, 0.29) is 5.69 Å². The summed E-state index contributed by atoms with van der Waals surface area (Å²) >= 11 is 5.82. The molecule has 0 saturated carbocycles. The van der Waals surface area contributed by atoms with Crippen molar-refractivity contribution in [2.75, 3.05) is 0 Å². The molecule has 0 unspecified atom stereocenters. The summed E-state index contributed by atoms with van der Waals surface area (Å²) in [6.45, 7) is 0. The minimum Gasteiger partial charge on any atom is -0.359 e. The normalized spacial score (nSPS) is 11.8. The van der Waals surface area contributed by atoms with Crippen molar-refractivity contribution in [2.45, 2.75) is 6.18 Å². The van der Waals surface area contributed by atoms with Gasteiger partial charge in [0.05, 0.1) is 16.3 Å². The van der Waals surface area contributed by atoms with Crippen molar-refractivity contribution < 1.29 is 13.2 Å². The molecule has 0 saturated heterocycles. The van der Waals surface area contributed by atoms with E-state index in [1.807, 2.05) is 0 Å². The lowest BCUT2D eigenvalue weighted by atomic mass is 10.2. The van der Waals surface area contributed by atoms with Crippen LogP contribution in [0, 0.1) is 0 Å². The molecular formula is C10H6ClF3N2. The van der Waals surface area contributed by atoms with Crippen LogP contribution in [0.15, 0.2) is 30.6 Å². The monoisotopic (exact) mass is 246 g/mol. The predicted octanol–water partition coefficient (Wildman–Crippen LogP) is 3.75. The third kappa shape index (κ3) is 2.04. The van der Waals surface area contributed by atoms with E-state index in [0.717, 1.165) is 12.3 Å². The fourth-order valence-corrected chi connectivity index (χ4v) is 1.50. The number of hydrogen-bond donors (Lipinski definition) is 1. The van der Waals surface area contributed by atoms with Gasteiger partial charge in [-0.25, -0.2) is 0 Å². The zero-order chi connectivity index (χ0) is 11.8. The molecule has 2 heterocycles. The second-order valence-corrected chi connectivity index (χ2v) is 3.54. The number of halogens is 4. The zero-order valence-electron chi connectivity index (χ0n) is 7.85. The number of H-pyrrole nitrogens is 1. The highest BCUT2D eigenvalue weighted by Gasteiger charge is 2.31. The first-order chi connectivity index (χ1) is 7.48. The Kier molecular flexibility index (Phi) is 2.63. The van der Waals surface area contributed by atoms with Crippen molar-refractivity contribution in [3.63, 3.8) is 0 Å². The van der Waals surface area contributed by atoms with Crippen LogP contribution in [0.25, 0.3) is 11.4 Å². The van der Waals surface area contributed by atoms with Gasteiger partial charge in [0.15, 0.2) is 0 Å². The third-order valence-electron chi connectivity index (χ3n) is 2.02. The van der Waals surface area contributed by atoms with Crippen LogP contribution in [0.2, 0.25) is 5.02 Å². The van der Waals surface area contributed by atoms with Gasteiger partial charge in [-0.2, -0.15) is 13.2 Å². The Bertz CT molecular complexity index is 505. The highest BCUT2D eigenvalue weighted by molar-refractivity contribution is 6.32. The zero-order valence-corrected chi connectivity index (χ0v) is 8.60. The Labute approximate surface area is 94.1 Å². The quantitative estimate of drug-likeness (QED) is 0.816. The maximum absolute atomic E-state index is 12.3. The number of nitrogens with zero attached hydrogens (tertiary/aromatic N) is 1. The Morgan fingerprint density at radius 1 is 1.31 bits per heavy atom. The van der Waals surface area contributed by atoms with Crippen molar-refractivity contribution in [1.82, 2.24) is 9.97 Å². The van der Waals surface area contributed by atoms with Gasteiger partial charge < -0.3 is 4.98 Å². The van der Waals surface area contributed by atoms with E-state index in [1.165, 1.54) is 6.20 Å². The maximum Gasteiger partial charge on any atom is 0.417 e. The number of aromatic nitrogens is 2. The summed E-state index contributed by atoms with van der Waals surface area (Å²) in [6, 6.07) is 4.16. The second kappa shape index (κ2) is 3.83. The van der Waals surface area contributed by atoms with E-state index in [4.69, 9.17) is 11.6 Å². The first kappa shape index (κ1) is 11.0. The van der Waals surface area contributed by atoms with Gasteiger partial charge in [-0.05, 0) is 18.2 Å². The van der Waals surface area contributed by atoms with Crippen molar-refractivity contribution in [3.05, 3.63) is 41.2 Å². The van der Waals surface area contributed by atoms with Crippen LogP contribution in [-0.2, 0) is 6.18 Å². The van der Waals surface area contributed by atoms with E-state index in [2.05, 4.69) is 9.97 Å². The summed E-state index contributed by atoms with van der Waals surface area (Å²) in [5.41, 5.74) is -0.193. The predicted molar refractivity (Wildman–Crippen MR) is 54.0 cm³/mol. The molecule has 2 aromatic heterocycles. The lowest BCUT2D eigenvalue weighted by molar-refractivity contribution is -0.137. The molecule has 0 fully saturated rings. The summed E-state index contributed by atoms with van der Waals surface area (Å²) in [7, 11) is 0. The van der Waals surface area contributed by atoms with Crippen molar-refractivity contribution in [2.24, 2.45) is 0 Å². The lowest BCUT2D eigenvalue weighted by Crippen LogP contribution is -2.02. The molecule has 0 aliphatic rings. The van der Waals surface area contributed by atoms with Crippen molar-refractivity contribution >= 4 is 11.6 Å². The third-order valence-corrected chi connectivity index (χ3v) is 2.33. The first-order valence-electron chi connectivity index (χ1n) is 4.35. The molecule has 0 aliphatic heterocycles. The SMILES string of the molecule is FC(F)(F)c1c[nH]c(-c2ncccc2Cl)c1. The summed E-state index contributed by atoms with van der Waals surface area (Å²) in [6.07, 6.45) is -2.01. The van der Waals surface area contributed by atoms with E-state index in [9.17, 15) is 13.2 Å². The van der Waals surface area contributed by atoms with Gasteiger partial charge in [0, 0.05) is 12.4 Å². The highest BCUT2D eigenvalue weighted by Crippen LogP contribution is 2.33. The molecule has 16 heavy (non-hydrogen) atoms. The Balaban J connectivity index is 2.44. The minimum absolute atomic E-state index is 0.248. The Morgan fingerprint density at radius 3 is 2.62 bits per heavy atom. The van der Waals surface area contributed by atoms with Gasteiger partial charge in [-0.15, -0.1) is 0 Å². The molecule has 6 heteroatoms. The molecule has 2 rings (SSSR count). The van der Waals surface area contributed by atoms with Gasteiger partial charge >= 0.3 is 6.18 Å². The van der Waals surface area contributed by atoms with Crippen LogP contribution in [-0.4, -0.2) is 9.97 Å². The molecule has 2 aromatic rings. The summed E-state index contributed by atoms with van der Waals surface area (Å²) in [4.78, 5) is 6.42. The largest absolute Gasteiger partial charge is 0.417 e. The van der Waals surface area contributed by atoms with E-state index in [0.29, 0.717) is 10.7 Å². The van der Waals surface area contributed by atoms with Gasteiger partial charge in [-0.1, -0.05) is 11.6 Å². The first-order valence-corrected chi connectivity index (χ1v) is 4.73. The molecule has 0 aliphatic carbocycles. The van der Waals surface area contributed by atoms with Crippen molar-refractivity contribution in [3.8, 4) is 11.4 Å². The van der Waals surface area contributed by atoms with Crippen molar-refractivity contribution in [1.29, 1.82) is 0 Å². The molecule has 0 amide bonds. The highest BCUT2D eigenvalue weighted by atomic mass is 35.5. The van der Waals surface area contributed by atoms with Crippen LogP contribution in [0.4, 0.5) is 13.2 Å². The minimum atomic E-state index is -4.37. The average Bonchev–Trinajstić information content (AvgIpc) is 2.66. The van der Waals surface area contributed by atoms with E-state index < -0.39 is 11.7 Å². The molecule has 0 spiro atoms.